The molecule has 0 amide bonds. The summed E-state index contributed by atoms with van der Waals surface area (Å²) in [6, 6.07) is 1.89. The molecule has 0 spiro atoms. The van der Waals surface area contributed by atoms with Crippen LogP contribution in [0, 0.1) is 5.92 Å². The van der Waals surface area contributed by atoms with Gasteiger partial charge in [-0.15, -0.1) is 0 Å². The van der Waals surface area contributed by atoms with Crippen LogP contribution in [0.4, 0.5) is 0 Å². The van der Waals surface area contributed by atoms with Crippen LogP contribution in [0.3, 0.4) is 0 Å². The van der Waals surface area contributed by atoms with Gasteiger partial charge in [0.2, 0.25) is 0 Å². The zero-order valence-electron chi connectivity index (χ0n) is 9.09. The Labute approximate surface area is 89.9 Å². The van der Waals surface area contributed by atoms with Gasteiger partial charge in [0.15, 0.2) is 0 Å². The van der Waals surface area contributed by atoms with Crippen LogP contribution in [0.2, 0.25) is 0 Å². The van der Waals surface area contributed by atoms with Crippen LogP contribution < -0.4 is 0 Å². The van der Waals surface area contributed by atoms with Gasteiger partial charge in [-0.3, -0.25) is 4.68 Å². The Bertz CT molecular complexity index is 305. The first kappa shape index (κ1) is 10.6. The number of aromatic nitrogens is 2. The SMILES string of the molecule is CCn1nccc1C(O)C1CCCOC1. The Morgan fingerprint density at radius 1 is 1.73 bits per heavy atom. The topological polar surface area (TPSA) is 47.3 Å². The van der Waals surface area contributed by atoms with Crippen molar-refractivity contribution in [3.05, 3.63) is 18.0 Å². The summed E-state index contributed by atoms with van der Waals surface area (Å²) in [6.07, 6.45) is 3.39. The maximum Gasteiger partial charge on any atom is 0.101 e. The molecule has 15 heavy (non-hydrogen) atoms. The summed E-state index contributed by atoms with van der Waals surface area (Å²) >= 11 is 0. The number of hydrogen-bond donors (Lipinski definition) is 1. The lowest BCUT2D eigenvalue weighted by Gasteiger charge is -2.26. The van der Waals surface area contributed by atoms with Gasteiger partial charge in [0.25, 0.3) is 0 Å². The number of hydrogen-bond acceptors (Lipinski definition) is 3. The third kappa shape index (κ3) is 2.21. The minimum Gasteiger partial charge on any atom is -0.386 e. The average Bonchev–Trinajstić information content (AvgIpc) is 2.77. The fourth-order valence-corrected chi connectivity index (χ4v) is 2.11. The highest BCUT2D eigenvalue weighted by Gasteiger charge is 2.25. The van der Waals surface area contributed by atoms with Crippen molar-refractivity contribution in [3.8, 4) is 0 Å². The fourth-order valence-electron chi connectivity index (χ4n) is 2.11. The molecule has 2 atom stereocenters. The Kier molecular flexibility index (Phi) is 3.38. The van der Waals surface area contributed by atoms with Gasteiger partial charge in [-0.05, 0) is 25.8 Å². The minimum atomic E-state index is -0.437. The second-order valence-electron chi connectivity index (χ2n) is 3.99. The van der Waals surface area contributed by atoms with Gasteiger partial charge < -0.3 is 9.84 Å². The molecule has 0 bridgehead atoms. The second kappa shape index (κ2) is 4.77. The summed E-state index contributed by atoms with van der Waals surface area (Å²) in [4.78, 5) is 0. The molecule has 4 nitrogen and oxygen atoms in total. The molecule has 0 radical (unpaired) electrons. The summed E-state index contributed by atoms with van der Waals surface area (Å²) < 4.78 is 7.23. The van der Waals surface area contributed by atoms with Crippen LogP contribution >= 0.6 is 0 Å². The van der Waals surface area contributed by atoms with Crippen LogP contribution in [0.15, 0.2) is 12.3 Å². The normalized spacial score (nSPS) is 24.0. The first-order valence-electron chi connectivity index (χ1n) is 5.60. The third-order valence-corrected chi connectivity index (χ3v) is 2.99. The summed E-state index contributed by atoms with van der Waals surface area (Å²) in [6.45, 7) is 4.32. The fraction of sp³-hybridized carbons (Fsp3) is 0.727. The monoisotopic (exact) mass is 210 g/mol. The number of ether oxygens (including phenoxy) is 1. The van der Waals surface area contributed by atoms with E-state index in [1.165, 1.54) is 0 Å². The lowest BCUT2D eigenvalue weighted by atomic mass is 9.94. The van der Waals surface area contributed by atoms with E-state index in [4.69, 9.17) is 4.74 Å². The maximum absolute atomic E-state index is 10.2. The number of aliphatic hydroxyl groups is 1. The van der Waals surface area contributed by atoms with Gasteiger partial charge >= 0.3 is 0 Å². The Morgan fingerprint density at radius 2 is 2.60 bits per heavy atom. The van der Waals surface area contributed by atoms with Crippen LogP contribution in [-0.2, 0) is 11.3 Å². The van der Waals surface area contributed by atoms with Crippen LogP contribution in [0.5, 0.6) is 0 Å². The highest BCUT2D eigenvalue weighted by molar-refractivity contribution is 5.06. The van der Waals surface area contributed by atoms with Crippen molar-refractivity contribution in [2.75, 3.05) is 13.2 Å². The predicted octanol–water partition coefficient (Wildman–Crippen LogP) is 1.36. The molecule has 1 saturated heterocycles. The van der Waals surface area contributed by atoms with E-state index in [1.807, 2.05) is 17.7 Å². The predicted molar refractivity (Wildman–Crippen MR) is 56.4 cm³/mol. The van der Waals surface area contributed by atoms with Gasteiger partial charge in [-0.25, -0.2) is 0 Å². The van der Waals surface area contributed by atoms with Crippen molar-refractivity contribution in [1.82, 2.24) is 9.78 Å². The van der Waals surface area contributed by atoms with E-state index >= 15 is 0 Å². The van der Waals surface area contributed by atoms with Crippen molar-refractivity contribution in [1.29, 1.82) is 0 Å². The average molecular weight is 210 g/mol. The van der Waals surface area contributed by atoms with E-state index in [1.54, 1.807) is 6.20 Å². The van der Waals surface area contributed by atoms with Gasteiger partial charge in [0.1, 0.15) is 6.10 Å². The quantitative estimate of drug-likeness (QED) is 0.819. The Balaban J connectivity index is 2.08. The van der Waals surface area contributed by atoms with Gasteiger partial charge in [-0.2, -0.15) is 5.10 Å². The van der Waals surface area contributed by atoms with Crippen LogP contribution in [0.25, 0.3) is 0 Å². The van der Waals surface area contributed by atoms with E-state index in [0.29, 0.717) is 6.61 Å². The molecule has 2 rings (SSSR count). The van der Waals surface area contributed by atoms with Crippen LogP contribution in [0.1, 0.15) is 31.6 Å². The smallest absolute Gasteiger partial charge is 0.101 e. The van der Waals surface area contributed by atoms with Gasteiger partial charge in [0, 0.05) is 25.3 Å². The van der Waals surface area contributed by atoms with Crippen molar-refractivity contribution >= 4 is 0 Å². The first-order chi connectivity index (χ1) is 7.33. The summed E-state index contributed by atoms with van der Waals surface area (Å²) in [5.41, 5.74) is 0.910. The molecule has 1 aliphatic rings. The molecule has 1 aliphatic heterocycles. The molecule has 2 unspecified atom stereocenters. The maximum atomic E-state index is 10.2. The summed E-state index contributed by atoms with van der Waals surface area (Å²) in [7, 11) is 0. The minimum absolute atomic E-state index is 0.223. The Morgan fingerprint density at radius 3 is 3.27 bits per heavy atom. The van der Waals surface area contributed by atoms with E-state index in [9.17, 15) is 5.11 Å². The van der Waals surface area contributed by atoms with Gasteiger partial charge in [0.05, 0.1) is 12.3 Å². The third-order valence-electron chi connectivity index (χ3n) is 2.99. The first-order valence-corrected chi connectivity index (χ1v) is 5.60. The lowest BCUT2D eigenvalue weighted by molar-refractivity contribution is -0.0131. The van der Waals surface area contributed by atoms with E-state index in [2.05, 4.69) is 5.10 Å². The highest BCUT2D eigenvalue weighted by atomic mass is 16.5. The van der Waals surface area contributed by atoms with Crippen molar-refractivity contribution in [2.24, 2.45) is 5.92 Å². The molecule has 1 aromatic rings. The molecule has 4 heteroatoms. The van der Waals surface area contributed by atoms with Crippen molar-refractivity contribution < 1.29 is 9.84 Å². The lowest BCUT2D eigenvalue weighted by Crippen LogP contribution is -2.25. The largest absolute Gasteiger partial charge is 0.386 e. The molecule has 1 fully saturated rings. The molecule has 1 N–H and O–H groups in total. The molecular formula is C11H18N2O2. The molecule has 2 heterocycles. The molecule has 0 aromatic carbocycles. The van der Waals surface area contributed by atoms with Crippen molar-refractivity contribution in [2.45, 2.75) is 32.4 Å². The van der Waals surface area contributed by atoms with E-state index in [0.717, 1.165) is 31.7 Å². The highest BCUT2D eigenvalue weighted by Crippen LogP contribution is 2.28. The standard InChI is InChI=1S/C11H18N2O2/c1-2-13-10(5-6-12-13)11(14)9-4-3-7-15-8-9/h5-6,9,11,14H,2-4,7-8H2,1H3. The summed E-state index contributed by atoms with van der Waals surface area (Å²) in [5.74, 6) is 0.223. The van der Waals surface area contributed by atoms with Gasteiger partial charge in [-0.1, -0.05) is 0 Å². The molecule has 1 aromatic heterocycles. The zero-order chi connectivity index (χ0) is 10.7. The zero-order valence-corrected chi connectivity index (χ0v) is 9.09. The summed E-state index contributed by atoms with van der Waals surface area (Å²) in [5, 5.41) is 14.4. The molecule has 0 aliphatic carbocycles. The molecular weight excluding hydrogens is 192 g/mol. The van der Waals surface area contributed by atoms with Crippen LogP contribution in [-0.4, -0.2) is 28.1 Å². The number of aliphatic hydroxyl groups excluding tert-OH is 1. The Hall–Kier alpha value is -0.870. The molecule has 0 saturated carbocycles. The number of aryl methyl sites for hydroxylation is 1. The second-order valence-corrected chi connectivity index (χ2v) is 3.99. The number of nitrogens with zero attached hydrogens (tertiary/aromatic N) is 2. The van der Waals surface area contributed by atoms with Crippen molar-refractivity contribution in [3.63, 3.8) is 0 Å². The number of rotatable bonds is 3. The molecule has 84 valence electrons. The van der Waals surface area contributed by atoms with E-state index < -0.39 is 6.10 Å². The van der Waals surface area contributed by atoms with E-state index in [-0.39, 0.29) is 5.92 Å².